The van der Waals surface area contributed by atoms with Crippen molar-refractivity contribution in [2.45, 2.75) is 25.8 Å². The van der Waals surface area contributed by atoms with Crippen LogP contribution in [0.4, 0.5) is 11.4 Å². The molecule has 1 aromatic carbocycles. The SMILES string of the molecule is Cc1cccc(N)c1NC1CCCOC1. The number of aryl methyl sites for hydroxylation is 1. The van der Waals surface area contributed by atoms with Crippen LogP contribution < -0.4 is 11.1 Å². The minimum absolute atomic E-state index is 0.405. The van der Waals surface area contributed by atoms with Crippen LogP contribution in [0, 0.1) is 6.92 Å². The topological polar surface area (TPSA) is 47.3 Å². The lowest BCUT2D eigenvalue weighted by atomic mass is 10.1. The zero-order valence-electron chi connectivity index (χ0n) is 9.12. The predicted octanol–water partition coefficient (Wildman–Crippen LogP) is 2.17. The quantitative estimate of drug-likeness (QED) is 0.729. The summed E-state index contributed by atoms with van der Waals surface area (Å²) in [6, 6.07) is 6.39. The van der Waals surface area contributed by atoms with Gasteiger partial charge < -0.3 is 15.8 Å². The van der Waals surface area contributed by atoms with Gasteiger partial charge in [0.15, 0.2) is 0 Å². The second-order valence-electron chi connectivity index (χ2n) is 4.10. The number of benzene rings is 1. The lowest BCUT2D eigenvalue weighted by molar-refractivity contribution is 0.0876. The van der Waals surface area contributed by atoms with Gasteiger partial charge in [-0.25, -0.2) is 0 Å². The second kappa shape index (κ2) is 4.53. The summed E-state index contributed by atoms with van der Waals surface area (Å²) in [6.07, 6.45) is 2.29. The molecule has 3 heteroatoms. The molecular weight excluding hydrogens is 188 g/mol. The number of ether oxygens (including phenoxy) is 1. The van der Waals surface area contributed by atoms with E-state index in [0.717, 1.165) is 37.4 Å². The maximum absolute atomic E-state index is 5.94. The number of nitrogens with one attached hydrogen (secondary N) is 1. The van der Waals surface area contributed by atoms with Crippen molar-refractivity contribution in [1.82, 2.24) is 0 Å². The van der Waals surface area contributed by atoms with Crippen LogP contribution in [0.3, 0.4) is 0 Å². The van der Waals surface area contributed by atoms with E-state index in [9.17, 15) is 0 Å². The summed E-state index contributed by atoms with van der Waals surface area (Å²) in [7, 11) is 0. The molecule has 1 aliphatic rings. The first kappa shape index (κ1) is 10.3. The monoisotopic (exact) mass is 206 g/mol. The van der Waals surface area contributed by atoms with E-state index < -0.39 is 0 Å². The van der Waals surface area contributed by atoms with E-state index in [2.05, 4.69) is 18.3 Å². The molecule has 0 aliphatic carbocycles. The Balaban J connectivity index is 2.09. The Hall–Kier alpha value is -1.22. The van der Waals surface area contributed by atoms with Gasteiger partial charge in [-0.15, -0.1) is 0 Å². The molecule has 0 amide bonds. The predicted molar refractivity (Wildman–Crippen MR) is 63.1 cm³/mol. The molecule has 0 bridgehead atoms. The molecule has 1 saturated heterocycles. The minimum Gasteiger partial charge on any atom is -0.397 e. The van der Waals surface area contributed by atoms with E-state index in [-0.39, 0.29) is 0 Å². The molecule has 1 aliphatic heterocycles. The van der Waals surface area contributed by atoms with E-state index in [1.807, 2.05) is 12.1 Å². The van der Waals surface area contributed by atoms with Crippen LogP contribution in [-0.2, 0) is 4.74 Å². The number of nitrogens with two attached hydrogens (primary N) is 1. The van der Waals surface area contributed by atoms with Crippen molar-refractivity contribution in [3.05, 3.63) is 23.8 Å². The number of rotatable bonds is 2. The molecule has 3 nitrogen and oxygen atoms in total. The Morgan fingerprint density at radius 1 is 1.47 bits per heavy atom. The van der Waals surface area contributed by atoms with E-state index >= 15 is 0 Å². The van der Waals surface area contributed by atoms with Crippen LogP contribution in [-0.4, -0.2) is 19.3 Å². The van der Waals surface area contributed by atoms with Crippen LogP contribution in [0.2, 0.25) is 0 Å². The van der Waals surface area contributed by atoms with Gasteiger partial charge in [-0.3, -0.25) is 0 Å². The maximum atomic E-state index is 5.94. The van der Waals surface area contributed by atoms with Gasteiger partial charge in [0.25, 0.3) is 0 Å². The molecule has 1 atom stereocenters. The molecule has 15 heavy (non-hydrogen) atoms. The van der Waals surface area contributed by atoms with Crippen LogP contribution >= 0.6 is 0 Å². The first-order valence-corrected chi connectivity index (χ1v) is 5.47. The second-order valence-corrected chi connectivity index (χ2v) is 4.10. The van der Waals surface area contributed by atoms with Crippen molar-refractivity contribution in [2.75, 3.05) is 24.3 Å². The van der Waals surface area contributed by atoms with Gasteiger partial charge in [0.05, 0.1) is 18.0 Å². The Labute approximate surface area is 90.6 Å². The van der Waals surface area contributed by atoms with Gasteiger partial charge in [0.1, 0.15) is 0 Å². The summed E-state index contributed by atoms with van der Waals surface area (Å²) in [5, 5.41) is 3.47. The van der Waals surface area contributed by atoms with Crippen LogP contribution in [0.25, 0.3) is 0 Å². The standard InChI is InChI=1S/C12H18N2O/c1-9-4-2-6-11(13)12(9)14-10-5-3-7-15-8-10/h2,4,6,10,14H,3,5,7-8,13H2,1H3. The van der Waals surface area contributed by atoms with E-state index in [1.54, 1.807) is 0 Å². The Kier molecular flexibility index (Phi) is 3.11. The normalized spacial score (nSPS) is 21.3. The largest absolute Gasteiger partial charge is 0.397 e. The van der Waals surface area contributed by atoms with Crippen LogP contribution in [0.5, 0.6) is 0 Å². The zero-order valence-corrected chi connectivity index (χ0v) is 9.12. The molecule has 0 saturated carbocycles. The molecule has 1 fully saturated rings. The fraction of sp³-hybridized carbons (Fsp3) is 0.500. The third-order valence-corrected chi connectivity index (χ3v) is 2.81. The van der Waals surface area contributed by atoms with Gasteiger partial charge in [0, 0.05) is 12.6 Å². The molecule has 82 valence electrons. The number of anilines is 2. The summed E-state index contributed by atoms with van der Waals surface area (Å²) in [5.41, 5.74) is 9.01. The summed E-state index contributed by atoms with van der Waals surface area (Å²) in [4.78, 5) is 0. The summed E-state index contributed by atoms with van der Waals surface area (Å²) >= 11 is 0. The van der Waals surface area contributed by atoms with Gasteiger partial charge >= 0.3 is 0 Å². The average molecular weight is 206 g/mol. The van der Waals surface area contributed by atoms with Crippen LogP contribution in [0.1, 0.15) is 18.4 Å². The zero-order chi connectivity index (χ0) is 10.7. The summed E-state index contributed by atoms with van der Waals surface area (Å²) < 4.78 is 5.43. The molecule has 0 radical (unpaired) electrons. The molecule has 0 spiro atoms. The molecule has 0 aromatic heterocycles. The molecule has 3 N–H and O–H groups in total. The maximum Gasteiger partial charge on any atom is 0.0667 e. The highest BCUT2D eigenvalue weighted by Gasteiger charge is 2.15. The van der Waals surface area contributed by atoms with Gasteiger partial charge in [-0.2, -0.15) is 0 Å². The fourth-order valence-electron chi connectivity index (χ4n) is 1.95. The smallest absolute Gasteiger partial charge is 0.0667 e. The Morgan fingerprint density at radius 3 is 3.00 bits per heavy atom. The average Bonchev–Trinajstić information content (AvgIpc) is 2.25. The van der Waals surface area contributed by atoms with Crippen molar-refractivity contribution in [1.29, 1.82) is 0 Å². The Morgan fingerprint density at radius 2 is 2.33 bits per heavy atom. The third kappa shape index (κ3) is 2.42. The fourth-order valence-corrected chi connectivity index (χ4v) is 1.95. The highest BCUT2D eigenvalue weighted by Crippen LogP contribution is 2.24. The lowest BCUT2D eigenvalue weighted by Crippen LogP contribution is -2.30. The highest BCUT2D eigenvalue weighted by molar-refractivity contribution is 5.70. The number of nitrogen functional groups attached to an aromatic ring is 1. The lowest BCUT2D eigenvalue weighted by Gasteiger charge is -2.25. The number of para-hydroxylation sites is 1. The van der Waals surface area contributed by atoms with Crippen molar-refractivity contribution in [3.8, 4) is 0 Å². The summed E-state index contributed by atoms with van der Waals surface area (Å²) in [6.45, 7) is 3.75. The Bertz CT molecular complexity index is 312. The van der Waals surface area contributed by atoms with Gasteiger partial charge in [-0.05, 0) is 31.4 Å². The number of hydrogen-bond acceptors (Lipinski definition) is 3. The molecule has 1 heterocycles. The van der Waals surface area contributed by atoms with E-state index in [1.165, 1.54) is 5.56 Å². The van der Waals surface area contributed by atoms with E-state index in [0.29, 0.717) is 6.04 Å². The highest BCUT2D eigenvalue weighted by atomic mass is 16.5. The first-order valence-electron chi connectivity index (χ1n) is 5.47. The first-order chi connectivity index (χ1) is 7.27. The third-order valence-electron chi connectivity index (χ3n) is 2.81. The van der Waals surface area contributed by atoms with Crippen molar-refractivity contribution < 1.29 is 4.74 Å². The molecule has 1 aromatic rings. The van der Waals surface area contributed by atoms with Gasteiger partial charge in [0.2, 0.25) is 0 Å². The minimum atomic E-state index is 0.405. The molecule has 2 rings (SSSR count). The van der Waals surface area contributed by atoms with Crippen molar-refractivity contribution >= 4 is 11.4 Å². The molecule has 1 unspecified atom stereocenters. The molecular formula is C12H18N2O. The van der Waals surface area contributed by atoms with Gasteiger partial charge in [-0.1, -0.05) is 12.1 Å². The van der Waals surface area contributed by atoms with Crippen LogP contribution in [0.15, 0.2) is 18.2 Å². The van der Waals surface area contributed by atoms with Crippen molar-refractivity contribution in [3.63, 3.8) is 0 Å². The number of hydrogen-bond donors (Lipinski definition) is 2. The summed E-state index contributed by atoms with van der Waals surface area (Å²) in [5.74, 6) is 0. The van der Waals surface area contributed by atoms with E-state index in [4.69, 9.17) is 10.5 Å². The van der Waals surface area contributed by atoms with Crippen molar-refractivity contribution in [2.24, 2.45) is 0 Å².